The molecule has 0 saturated carbocycles. The van der Waals surface area contributed by atoms with Crippen molar-refractivity contribution in [1.29, 1.82) is 0 Å². The molecule has 0 heteroatoms. The minimum absolute atomic E-state index is 1.32. The normalized spacial score (nSPS) is 12.7. The van der Waals surface area contributed by atoms with Crippen molar-refractivity contribution in [3.63, 3.8) is 0 Å². The Balaban J connectivity index is 1.84. The molecular weight excluding hydrogens is 360 g/mol. The van der Waals surface area contributed by atoms with Crippen LogP contribution in [-0.4, -0.2) is 0 Å². The number of hydrogen-bond acceptors (Lipinski definition) is 0. The number of rotatable bonds is 0. The summed E-state index contributed by atoms with van der Waals surface area (Å²) in [6, 6.07) is 36.1. The summed E-state index contributed by atoms with van der Waals surface area (Å²) >= 11 is 0. The molecule has 0 N–H and O–H groups in total. The minimum Gasteiger partial charge on any atom is -0.0616 e. The fourth-order valence-corrected chi connectivity index (χ4v) is 6.03. The second-order valence-electron chi connectivity index (χ2n) is 8.46. The SMILES string of the molecule is c1ccc2c(c1)-c1ccc3c4cccc5cccc(c54)c4c5ccccc5c-2c1c34. The third-order valence-corrected chi connectivity index (χ3v) is 7.12. The smallest absolute Gasteiger partial charge is 0.000740 e. The van der Waals surface area contributed by atoms with Crippen LogP contribution in [0.15, 0.2) is 97.1 Å². The van der Waals surface area contributed by atoms with Crippen LogP contribution < -0.4 is 0 Å². The van der Waals surface area contributed by atoms with Gasteiger partial charge in [-0.3, -0.25) is 0 Å². The second kappa shape index (κ2) is 4.98. The molecule has 0 amide bonds. The topological polar surface area (TPSA) is 0 Å². The lowest BCUT2D eigenvalue weighted by atomic mass is 9.84. The first kappa shape index (κ1) is 15.0. The highest BCUT2D eigenvalue weighted by atomic mass is 14.3. The van der Waals surface area contributed by atoms with Gasteiger partial charge in [-0.05, 0) is 76.1 Å². The van der Waals surface area contributed by atoms with Crippen molar-refractivity contribution in [2.45, 2.75) is 0 Å². The van der Waals surface area contributed by atoms with E-state index in [9.17, 15) is 0 Å². The minimum atomic E-state index is 1.32. The fourth-order valence-electron chi connectivity index (χ4n) is 6.03. The Bertz CT molecular complexity index is 1830. The van der Waals surface area contributed by atoms with Crippen molar-refractivity contribution < 1.29 is 0 Å². The Morgan fingerprint density at radius 2 is 0.933 bits per heavy atom. The summed E-state index contributed by atoms with van der Waals surface area (Å²) in [5.41, 5.74) is 5.50. The first-order valence-electron chi connectivity index (χ1n) is 10.6. The van der Waals surface area contributed by atoms with E-state index in [2.05, 4.69) is 97.1 Å². The Labute approximate surface area is 173 Å². The Morgan fingerprint density at radius 3 is 1.80 bits per heavy atom. The summed E-state index contributed by atoms with van der Waals surface area (Å²) in [5, 5.41) is 13.8. The van der Waals surface area contributed by atoms with Gasteiger partial charge in [-0.2, -0.15) is 0 Å². The van der Waals surface area contributed by atoms with E-state index < -0.39 is 0 Å². The Morgan fingerprint density at radius 1 is 0.300 bits per heavy atom. The van der Waals surface area contributed by atoms with Crippen LogP contribution in [0.5, 0.6) is 0 Å². The van der Waals surface area contributed by atoms with Gasteiger partial charge in [0, 0.05) is 0 Å². The monoisotopic (exact) mass is 376 g/mol. The predicted molar refractivity (Wildman–Crippen MR) is 130 cm³/mol. The summed E-state index contributed by atoms with van der Waals surface area (Å²) in [5.74, 6) is 0. The molecule has 0 aliphatic heterocycles. The molecule has 30 heavy (non-hydrogen) atoms. The summed E-state index contributed by atoms with van der Waals surface area (Å²) in [6.07, 6.45) is 0. The average Bonchev–Trinajstić information content (AvgIpc) is 3.15. The van der Waals surface area contributed by atoms with Crippen molar-refractivity contribution >= 4 is 53.9 Å². The van der Waals surface area contributed by atoms with Gasteiger partial charge in [-0.1, -0.05) is 97.1 Å². The van der Waals surface area contributed by atoms with E-state index in [-0.39, 0.29) is 0 Å². The second-order valence-corrected chi connectivity index (χ2v) is 8.46. The van der Waals surface area contributed by atoms with E-state index in [4.69, 9.17) is 0 Å². The first-order chi connectivity index (χ1) is 14.9. The molecule has 0 heterocycles. The van der Waals surface area contributed by atoms with Crippen molar-refractivity contribution in [3.05, 3.63) is 97.1 Å². The van der Waals surface area contributed by atoms with E-state index in [0.717, 1.165) is 0 Å². The lowest BCUT2D eigenvalue weighted by Gasteiger charge is -2.18. The highest BCUT2D eigenvalue weighted by molar-refractivity contribution is 6.43. The molecule has 136 valence electrons. The van der Waals surface area contributed by atoms with E-state index in [0.29, 0.717) is 0 Å². The van der Waals surface area contributed by atoms with E-state index in [1.54, 1.807) is 0 Å². The van der Waals surface area contributed by atoms with Crippen molar-refractivity contribution in [2.24, 2.45) is 0 Å². The zero-order valence-electron chi connectivity index (χ0n) is 16.2. The van der Waals surface area contributed by atoms with Crippen LogP contribution in [0.4, 0.5) is 0 Å². The predicted octanol–water partition coefficient (Wildman–Crippen LogP) is 8.54. The quantitative estimate of drug-likeness (QED) is 0.184. The largest absolute Gasteiger partial charge is 0.0616 e. The lowest BCUT2D eigenvalue weighted by molar-refractivity contribution is 1.70. The van der Waals surface area contributed by atoms with Crippen LogP contribution in [0.2, 0.25) is 0 Å². The summed E-state index contributed by atoms with van der Waals surface area (Å²) in [6.45, 7) is 0. The summed E-state index contributed by atoms with van der Waals surface area (Å²) < 4.78 is 0. The molecule has 0 saturated heterocycles. The molecule has 0 fully saturated rings. The first-order valence-corrected chi connectivity index (χ1v) is 10.6. The maximum atomic E-state index is 2.35. The molecule has 7 aromatic carbocycles. The zero-order valence-corrected chi connectivity index (χ0v) is 16.2. The molecule has 7 aromatic rings. The van der Waals surface area contributed by atoms with Crippen molar-refractivity contribution in [1.82, 2.24) is 0 Å². The standard InChI is InChI=1S/C30H16/c1-2-10-19-18(9-1)23-15-16-24-20-13-5-7-17-8-6-14-25(26(17)20)28-22-12-4-3-11-21(22)27(19)29(23)30(24)28/h1-16H. The number of hydrogen-bond donors (Lipinski definition) is 0. The molecule has 0 aromatic heterocycles. The van der Waals surface area contributed by atoms with Gasteiger partial charge in [0.25, 0.3) is 0 Å². The number of fused-ring (bicyclic) bond motifs is 8. The van der Waals surface area contributed by atoms with Gasteiger partial charge in [-0.15, -0.1) is 0 Å². The fraction of sp³-hybridized carbons (Fsp3) is 0. The van der Waals surface area contributed by atoms with E-state index >= 15 is 0 Å². The van der Waals surface area contributed by atoms with Gasteiger partial charge in [0.1, 0.15) is 0 Å². The van der Waals surface area contributed by atoms with E-state index in [1.807, 2.05) is 0 Å². The van der Waals surface area contributed by atoms with Crippen LogP contribution in [0.1, 0.15) is 0 Å². The maximum absolute atomic E-state index is 2.35. The zero-order chi connectivity index (χ0) is 19.4. The Kier molecular flexibility index (Phi) is 2.49. The molecular formula is C30H16. The molecule has 1 aliphatic carbocycles. The van der Waals surface area contributed by atoms with E-state index in [1.165, 1.54) is 76.1 Å². The summed E-state index contributed by atoms with van der Waals surface area (Å²) in [4.78, 5) is 0. The number of benzene rings is 7. The maximum Gasteiger partial charge on any atom is -0.000740 e. The van der Waals surface area contributed by atoms with Crippen LogP contribution in [-0.2, 0) is 0 Å². The van der Waals surface area contributed by atoms with Crippen molar-refractivity contribution in [3.8, 4) is 22.3 Å². The van der Waals surface area contributed by atoms with Gasteiger partial charge in [0.2, 0.25) is 0 Å². The molecule has 0 unspecified atom stereocenters. The van der Waals surface area contributed by atoms with Crippen LogP contribution in [0.3, 0.4) is 0 Å². The highest BCUT2D eigenvalue weighted by Crippen LogP contribution is 2.55. The van der Waals surface area contributed by atoms with Gasteiger partial charge in [0.15, 0.2) is 0 Å². The molecule has 0 radical (unpaired) electrons. The third-order valence-electron chi connectivity index (χ3n) is 7.12. The molecule has 8 rings (SSSR count). The van der Waals surface area contributed by atoms with Gasteiger partial charge in [0.05, 0.1) is 0 Å². The average molecular weight is 376 g/mol. The molecule has 1 aliphatic rings. The molecule has 0 bridgehead atoms. The Hall–Kier alpha value is -3.90. The van der Waals surface area contributed by atoms with Crippen molar-refractivity contribution in [2.75, 3.05) is 0 Å². The highest BCUT2D eigenvalue weighted by Gasteiger charge is 2.27. The van der Waals surface area contributed by atoms with Gasteiger partial charge < -0.3 is 0 Å². The third kappa shape index (κ3) is 1.55. The van der Waals surface area contributed by atoms with Crippen LogP contribution >= 0.6 is 0 Å². The molecule has 0 spiro atoms. The summed E-state index contributed by atoms with van der Waals surface area (Å²) in [7, 11) is 0. The van der Waals surface area contributed by atoms with Gasteiger partial charge in [-0.25, -0.2) is 0 Å². The van der Waals surface area contributed by atoms with Crippen LogP contribution in [0, 0.1) is 0 Å². The van der Waals surface area contributed by atoms with Gasteiger partial charge >= 0.3 is 0 Å². The van der Waals surface area contributed by atoms with Crippen LogP contribution in [0.25, 0.3) is 76.1 Å². The molecule has 0 atom stereocenters. The molecule has 0 nitrogen and oxygen atoms in total. The lowest BCUT2D eigenvalue weighted by Crippen LogP contribution is -1.90.